The molecule has 0 aliphatic rings. The standard InChI is InChI=1S/C17H13Cl2F3N2O2/c18-13-6-3-11(9-14(13)19)16(26)24-8-7-23-15(25)10-1-4-12(5-2-10)17(20,21)22/h1-6,9H,7-8H2,(H,23,25)(H,24,26). The number of halogens is 5. The van der Waals surface area contributed by atoms with E-state index in [4.69, 9.17) is 23.2 Å². The zero-order valence-corrected chi connectivity index (χ0v) is 14.7. The van der Waals surface area contributed by atoms with Crippen LogP contribution in [0.4, 0.5) is 13.2 Å². The monoisotopic (exact) mass is 404 g/mol. The number of rotatable bonds is 5. The van der Waals surface area contributed by atoms with Gasteiger partial charge in [-0.2, -0.15) is 13.2 Å². The van der Waals surface area contributed by atoms with Crippen molar-refractivity contribution in [1.29, 1.82) is 0 Å². The van der Waals surface area contributed by atoms with Crippen LogP contribution in [0.5, 0.6) is 0 Å². The Morgan fingerprint density at radius 2 is 1.31 bits per heavy atom. The third kappa shape index (κ3) is 5.37. The first kappa shape index (κ1) is 20.1. The molecule has 9 heteroatoms. The summed E-state index contributed by atoms with van der Waals surface area (Å²) >= 11 is 11.6. The Balaban J connectivity index is 1.81. The first-order chi connectivity index (χ1) is 12.2. The molecule has 2 aromatic rings. The lowest BCUT2D eigenvalue weighted by Gasteiger charge is -2.09. The maximum absolute atomic E-state index is 12.5. The first-order valence-corrected chi connectivity index (χ1v) is 8.13. The summed E-state index contributed by atoms with van der Waals surface area (Å²) in [5.74, 6) is -0.935. The number of benzene rings is 2. The second-order valence-electron chi connectivity index (χ2n) is 5.22. The summed E-state index contributed by atoms with van der Waals surface area (Å²) in [5, 5.41) is 5.65. The third-order valence-corrected chi connectivity index (χ3v) is 4.09. The summed E-state index contributed by atoms with van der Waals surface area (Å²) in [4.78, 5) is 23.8. The summed E-state index contributed by atoms with van der Waals surface area (Å²) in [6.07, 6.45) is -4.45. The van der Waals surface area contributed by atoms with Crippen LogP contribution < -0.4 is 10.6 Å². The molecule has 0 aliphatic carbocycles. The van der Waals surface area contributed by atoms with Crippen molar-refractivity contribution in [2.45, 2.75) is 6.18 Å². The Morgan fingerprint density at radius 3 is 1.81 bits per heavy atom. The Labute approximate surface area is 157 Å². The molecule has 0 fully saturated rings. The van der Waals surface area contributed by atoms with Crippen molar-refractivity contribution in [2.75, 3.05) is 13.1 Å². The van der Waals surface area contributed by atoms with Gasteiger partial charge in [-0.05, 0) is 42.5 Å². The predicted molar refractivity (Wildman–Crippen MR) is 92.6 cm³/mol. The molecule has 0 atom stereocenters. The van der Waals surface area contributed by atoms with Gasteiger partial charge < -0.3 is 10.6 Å². The van der Waals surface area contributed by atoms with E-state index < -0.39 is 23.6 Å². The van der Waals surface area contributed by atoms with Gasteiger partial charge in [0.15, 0.2) is 0 Å². The topological polar surface area (TPSA) is 58.2 Å². The SMILES string of the molecule is O=C(NCCNC(=O)c1ccc(Cl)c(Cl)c1)c1ccc(C(F)(F)F)cc1. The van der Waals surface area contributed by atoms with Crippen molar-refractivity contribution in [3.8, 4) is 0 Å². The van der Waals surface area contributed by atoms with E-state index >= 15 is 0 Å². The number of carbonyl (C=O) groups excluding carboxylic acids is 2. The Kier molecular flexibility index (Phi) is 6.50. The maximum Gasteiger partial charge on any atom is 0.416 e. The van der Waals surface area contributed by atoms with Gasteiger partial charge in [-0.3, -0.25) is 9.59 Å². The highest BCUT2D eigenvalue weighted by Crippen LogP contribution is 2.29. The second-order valence-corrected chi connectivity index (χ2v) is 6.03. The van der Waals surface area contributed by atoms with E-state index in [-0.39, 0.29) is 23.7 Å². The number of nitrogens with one attached hydrogen (secondary N) is 2. The fraction of sp³-hybridized carbons (Fsp3) is 0.176. The van der Waals surface area contributed by atoms with E-state index in [0.29, 0.717) is 10.6 Å². The minimum absolute atomic E-state index is 0.0915. The van der Waals surface area contributed by atoms with Crippen LogP contribution in [0.25, 0.3) is 0 Å². The van der Waals surface area contributed by atoms with E-state index in [1.54, 1.807) is 0 Å². The van der Waals surface area contributed by atoms with Crippen LogP contribution in [0, 0.1) is 0 Å². The lowest BCUT2D eigenvalue weighted by molar-refractivity contribution is -0.137. The molecule has 0 aromatic heterocycles. The van der Waals surface area contributed by atoms with Crippen LogP contribution in [0.3, 0.4) is 0 Å². The summed E-state index contributed by atoms with van der Waals surface area (Å²) in [6, 6.07) is 8.26. The van der Waals surface area contributed by atoms with Crippen LogP contribution in [-0.2, 0) is 6.18 Å². The molecular weight excluding hydrogens is 392 g/mol. The van der Waals surface area contributed by atoms with Crippen molar-refractivity contribution < 1.29 is 22.8 Å². The smallest absolute Gasteiger partial charge is 0.350 e. The molecule has 2 amide bonds. The van der Waals surface area contributed by atoms with E-state index in [1.807, 2.05) is 0 Å². The molecule has 0 bridgehead atoms. The highest BCUT2D eigenvalue weighted by molar-refractivity contribution is 6.42. The van der Waals surface area contributed by atoms with Crippen molar-refractivity contribution in [1.82, 2.24) is 10.6 Å². The van der Waals surface area contributed by atoms with Crippen LogP contribution >= 0.6 is 23.2 Å². The van der Waals surface area contributed by atoms with Gasteiger partial charge >= 0.3 is 6.18 Å². The van der Waals surface area contributed by atoms with Crippen LogP contribution in [0.15, 0.2) is 42.5 Å². The fourth-order valence-electron chi connectivity index (χ4n) is 2.00. The lowest BCUT2D eigenvalue weighted by Crippen LogP contribution is -2.34. The zero-order chi connectivity index (χ0) is 19.3. The summed E-state index contributed by atoms with van der Waals surface area (Å²) in [5.41, 5.74) is -0.426. The van der Waals surface area contributed by atoms with Crippen LogP contribution in [-0.4, -0.2) is 24.9 Å². The molecule has 138 valence electrons. The second kappa shape index (κ2) is 8.42. The molecular formula is C17H13Cl2F3N2O2. The maximum atomic E-state index is 12.5. The number of hydrogen-bond donors (Lipinski definition) is 2. The average molecular weight is 405 g/mol. The lowest BCUT2D eigenvalue weighted by atomic mass is 10.1. The zero-order valence-electron chi connectivity index (χ0n) is 13.2. The van der Waals surface area contributed by atoms with Gasteiger partial charge in [0.1, 0.15) is 0 Å². The molecule has 0 unspecified atom stereocenters. The van der Waals surface area contributed by atoms with E-state index in [2.05, 4.69) is 10.6 Å². The number of alkyl halides is 3. The van der Waals surface area contributed by atoms with Crippen molar-refractivity contribution in [3.63, 3.8) is 0 Å². The molecule has 0 saturated carbocycles. The Morgan fingerprint density at radius 1 is 0.808 bits per heavy atom. The molecule has 2 aromatic carbocycles. The van der Waals surface area contributed by atoms with Crippen molar-refractivity contribution >= 4 is 35.0 Å². The summed E-state index contributed by atoms with van der Waals surface area (Å²) in [6.45, 7) is 0.234. The van der Waals surface area contributed by atoms with Crippen molar-refractivity contribution in [3.05, 3.63) is 69.2 Å². The van der Waals surface area contributed by atoms with Gasteiger partial charge in [-0.25, -0.2) is 0 Å². The van der Waals surface area contributed by atoms with E-state index in [1.165, 1.54) is 18.2 Å². The minimum Gasteiger partial charge on any atom is -0.350 e. The molecule has 2 rings (SSSR count). The minimum atomic E-state index is -4.45. The molecule has 0 aliphatic heterocycles. The largest absolute Gasteiger partial charge is 0.416 e. The normalized spacial score (nSPS) is 11.1. The number of hydrogen-bond acceptors (Lipinski definition) is 2. The molecule has 0 spiro atoms. The molecule has 26 heavy (non-hydrogen) atoms. The summed E-state index contributed by atoms with van der Waals surface area (Å²) in [7, 11) is 0. The Hall–Kier alpha value is -2.25. The fourth-order valence-corrected chi connectivity index (χ4v) is 2.30. The van der Waals surface area contributed by atoms with Crippen LogP contribution in [0.1, 0.15) is 26.3 Å². The van der Waals surface area contributed by atoms with Gasteiger partial charge in [0.2, 0.25) is 0 Å². The van der Waals surface area contributed by atoms with Gasteiger partial charge in [0, 0.05) is 24.2 Å². The highest BCUT2D eigenvalue weighted by Gasteiger charge is 2.30. The number of carbonyl (C=O) groups is 2. The highest BCUT2D eigenvalue weighted by atomic mass is 35.5. The third-order valence-electron chi connectivity index (χ3n) is 3.35. The quantitative estimate of drug-likeness (QED) is 0.734. The summed E-state index contributed by atoms with van der Waals surface area (Å²) < 4.78 is 37.4. The van der Waals surface area contributed by atoms with E-state index in [9.17, 15) is 22.8 Å². The molecule has 0 radical (unpaired) electrons. The predicted octanol–water partition coefficient (Wildman–Crippen LogP) is 4.17. The van der Waals surface area contributed by atoms with Gasteiger partial charge in [-0.15, -0.1) is 0 Å². The van der Waals surface area contributed by atoms with Gasteiger partial charge in [0.25, 0.3) is 11.8 Å². The molecule has 2 N–H and O–H groups in total. The van der Waals surface area contributed by atoms with Crippen LogP contribution in [0.2, 0.25) is 10.0 Å². The van der Waals surface area contributed by atoms with Gasteiger partial charge in [0.05, 0.1) is 15.6 Å². The molecule has 0 heterocycles. The van der Waals surface area contributed by atoms with E-state index in [0.717, 1.165) is 24.3 Å². The van der Waals surface area contributed by atoms with Gasteiger partial charge in [-0.1, -0.05) is 23.2 Å². The Bertz CT molecular complexity index is 809. The molecule has 0 saturated heterocycles. The number of amides is 2. The average Bonchev–Trinajstić information content (AvgIpc) is 2.60. The first-order valence-electron chi connectivity index (χ1n) is 7.37. The molecule has 4 nitrogen and oxygen atoms in total. The van der Waals surface area contributed by atoms with Crippen molar-refractivity contribution in [2.24, 2.45) is 0 Å².